The summed E-state index contributed by atoms with van der Waals surface area (Å²) in [6, 6.07) is 0. The minimum Gasteiger partial charge on any atom is -0.672 e. The third-order valence-electron chi connectivity index (χ3n) is 0. The summed E-state index contributed by atoms with van der Waals surface area (Å²) >= 11 is 0. The Morgan fingerprint density at radius 1 is 1.33 bits per heavy atom. The van der Waals surface area contributed by atoms with Crippen LogP contribution < -0.4 is 9.59 Å². The molecule has 0 aliphatic heterocycles. The minimum atomic E-state index is -3.63. The molecule has 0 spiro atoms. The van der Waals surface area contributed by atoms with Gasteiger partial charge < -0.3 is 14.1 Å². The molecule has 0 bridgehead atoms. The van der Waals surface area contributed by atoms with Crippen LogP contribution in [0.5, 0.6) is 0 Å². The molecule has 0 saturated carbocycles. The van der Waals surface area contributed by atoms with Gasteiger partial charge in [0, 0.05) is 9.17 Å². The average Bonchev–Trinajstić information content (AvgIpc) is 0.811. The van der Waals surface area contributed by atoms with E-state index in [-0.39, 0.29) is 60.8 Å². The normalized spacial score (nSPS) is 4.00. The van der Waals surface area contributed by atoms with Crippen molar-refractivity contribution in [3.63, 3.8) is 0 Å². The van der Waals surface area contributed by atoms with Crippen molar-refractivity contribution in [3.8, 4) is 0 Å². The van der Waals surface area contributed by atoms with Gasteiger partial charge in [-0.2, -0.15) is 0 Å². The third-order valence-corrected chi connectivity index (χ3v) is 0. The molecule has 0 atom stereocenters. The molecule has 0 unspecified atom stereocenters. The Bertz CT molecular complexity index is 33.8. The Balaban J connectivity index is -0.0000000450. The maximum Gasteiger partial charge on any atom is 2.00 e. The van der Waals surface area contributed by atoms with Crippen molar-refractivity contribution in [1.29, 1.82) is 0 Å². The second-order valence-electron chi connectivity index (χ2n) is 0.250. The van der Waals surface area contributed by atoms with E-state index in [1.165, 1.54) is 0 Å². The standard InChI is InChI=1S/Ca.Mg.O3Si.2H/c;;1-4(2)3;;/q+2;;-2;;. The fourth-order valence-corrected chi connectivity index (χ4v) is 0. The van der Waals surface area contributed by atoms with Crippen molar-refractivity contribution < 1.29 is 14.1 Å². The summed E-state index contributed by atoms with van der Waals surface area (Å²) in [5.41, 5.74) is 0. The van der Waals surface area contributed by atoms with Crippen LogP contribution in [0.1, 0.15) is 0 Å². The van der Waals surface area contributed by atoms with Crippen LogP contribution in [0.25, 0.3) is 0 Å². The molecule has 0 aromatic rings. The van der Waals surface area contributed by atoms with Crippen LogP contribution >= 0.6 is 0 Å². The van der Waals surface area contributed by atoms with Crippen LogP contribution in [0, 0.1) is 0 Å². The van der Waals surface area contributed by atoms with Crippen LogP contribution in [0.15, 0.2) is 0 Å². The van der Waals surface area contributed by atoms with Gasteiger partial charge in [-0.3, -0.25) is 0 Å². The summed E-state index contributed by atoms with van der Waals surface area (Å²) in [4.78, 5) is 17.0. The molecule has 6 heteroatoms. The molecule has 28 valence electrons. The zero-order valence-electron chi connectivity index (χ0n) is 2.43. The molecule has 0 aromatic heterocycles. The third kappa shape index (κ3) is 45.1. The molecule has 0 rings (SSSR count). The van der Waals surface area contributed by atoms with Gasteiger partial charge in [0.15, 0.2) is 0 Å². The first kappa shape index (κ1) is 15.6. The van der Waals surface area contributed by atoms with Crippen molar-refractivity contribution in [3.05, 3.63) is 0 Å². The molecular formula is H2CaMgO3Si. The van der Waals surface area contributed by atoms with Gasteiger partial charge in [0.25, 0.3) is 0 Å². The fraction of sp³-hybridized carbons (Fsp3) is 0. The summed E-state index contributed by atoms with van der Waals surface area (Å²) in [7, 11) is -3.63. The molecule has 6 heavy (non-hydrogen) atoms. The van der Waals surface area contributed by atoms with E-state index in [0.717, 1.165) is 0 Å². The van der Waals surface area contributed by atoms with Crippen molar-refractivity contribution >= 4 is 70.0 Å². The van der Waals surface area contributed by atoms with Gasteiger partial charge in [-0.05, 0) is 0 Å². The predicted octanol–water partition coefficient (Wildman–Crippen LogP) is -4.17. The predicted molar refractivity (Wildman–Crippen MR) is 20.7 cm³/mol. The fourth-order valence-electron chi connectivity index (χ4n) is 0. The van der Waals surface area contributed by atoms with Gasteiger partial charge >= 0.3 is 60.8 Å². The summed E-state index contributed by atoms with van der Waals surface area (Å²) in [5.74, 6) is 0. The molecule has 0 saturated heterocycles. The quantitative estimate of drug-likeness (QED) is 0.323. The van der Waals surface area contributed by atoms with Crippen LogP contribution in [0.4, 0.5) is 0 Å². The Morgan fingerprint density at radius 2 is 1.33 bits per heavy atom. The second-order valence-corrected chi connectivity index (χ2v) is 0.750. The summed E-state index contributed by atoms with van der Waals surface area (Å²) in [5, 5.41) is 0. The van der Waals surface area contributed by atoms with Crippen molar-refractivity contribution in [2.45, 2.75) is 0 Å². The molecule has 0 heterocycles. The van der Waals surface area contributed by atoms with E-state index < -0.39 is 9.17 Å². The Hall–Kier alpha value is 1.64. The van der Waals surface area contributed by atoms with E-state index >= 15 is 0 Å². The molecule has 0 aliphatic carbocycles. The maximum absolute atomic E-state index is 8.52. The number of hydrogen-bond donors (Lipinski definition) is 0. The first-order valence-electron chi connectivity index (χ1n) is 0.612. The topological polar surface area (TPSA) is 63.2 Å². The first-order valence-corrected chi connectivity index (χ1v) is 1.84. The van der Waals surface area contributed by atoms with Crippen molar-refractivity contribution in [2.24, 2.45) is 0 Å². The average molecular weight is 142 g/mol. The van der Waals surface area contributed by atoms with Gasteiger partial charge in [-0.15, -0.1) is 0 Å². The van der Waals surface area contributed by atoms with E-state index in [1.54, 1.807) is 0 Å². The van der Waals surface area contributed by atoms with Gasteiger partial charge in [-0.1, -0.05) is 0 Å². The van der Waals surface area contributed by atoms with Gasteiger partial charge in [0.05, 0.1) is 0 Å². The second kappa shape index (κ2) is 9.81. The van der Waals surface area contributed by atoms with Crippen LogP contribution in [-0.2, 0) is 4.46 Å². The zero-order valence-corrected chi connectivity index (χ0v) is 5.64. The van der Waals surface area contributed by atoms with Gasteiger partial charge in [0.2, 0.25) is 0 Å². The summed E-state index contributed by atoms with van der Waals surface area (Å²) in [6.45, 7) is 0. The number of rotatable bonds is 0. The Labute approximate surface area is 82.8 Å². The van der Waals surface area contributed by atoms with Crippen LogP contribution in [0.3, 0.4) is 0 Å². The SMILES string of the molecule is O=[Si]([O-])[O-].[Ca+2].[MgH2]. The number of hydrogen-bond acceptors (Lipinski definition) is 3. The van der Waals surface area contributed by atoms with Gasteiger partial charge in [0.1, 0.15) is 0 Å². The summed E-state index contributed by atoms with van der Waals surface area (Å²) in [6.07, 6.45) is 0. The molecular weight excluding hydrogens is 140 g/mol. The Morgan fingerprint density at radius 3 is 1.33 bits per heavy atom. The molecule has 0 N–H and O–H groups in total. The van der Waals surface area contributed by atoms with E-state index in [1.807, 2.05) is 0 Å². The monoisotopic (exact) mass is 142 g/mol. The van der Waals surface area contributed by atoms with Crippen LogP contribution in [0.2, 0.25) is 0 Å². The van der Waals surface area contributed by atoms with Gasteiger partial charge in [-0.25, -0.2) is 0 Å². The Kier molecular flexibility index (Phi) is 25.6. The molecule has 3 nitrogen and oxygen atoms in total. The molecule has 0 aromatic carbocycles. The molecule has 0 amide bonds. The first-order chi connectivity index (χ1) is 1.73. The van der Waals surface area contributed by atoms with E-state index in [4.69, 9.17) is 14.1 Å². The molecule has 0 fully saturated rings. The van der Waals surface area contributed by atoms with E-state index in [2.05, 4.69) is 0 Å². The molecule has 0 aliphatic rings. The van der Waals surface area contributed by atoms with E-state index in [9.17, 15) is 0 Å². The van der Waals surface area contributed by atoms with Crippen LogP contribution in [-0.4, -0.2) is 70.0 Å². The molecule has 0 radical (unpaired) electrons. The minimum absolute atomic E-state index is 0. The smallest absolute Gasteiger partial charge is 0.672 e. The largest absolute Gasteiger partial charge is 2.00 e. The maximum atomic E-state index is 8.52. The van der Waals surface area contributed by atoms with E-state index in [0.29, 0.717) is 0 Å². The van der Waals surface area contributed by atoms with Crippen molar-refractivity contribution in [1.82, 2.24) is 0 Å². The summed E-state index contributed by atoms with van der Waals surface area (Å²) < 4.78 is 8.52. The zero-order chi connectivity index (χ0) is 3.58. The van der Waals surface area contributed by atoms with Crippen molar-refractivity contribution in [2.75, 3.05) is 0 Å².